The quantitative estimate of drug-likeness (QED) is 0.0989. The van der Waals surface area contributed by atoms with Crippen LogP contribution in [0.3, 0.4) is 0 Å². The van der Waals surface area contributed by atoms with Crippen LogP contribution in [0, 0.1) is 22.7 Å². The number of aldehydes is 1. The van der Waals surface area contributed by atoms with E-state index in [9.17, 15) is 38.4 Å². The van der Waals surface area contributed by atoms with E-state index in [2.05, 4.69) is 49.9 Å². The molecule has 1 aromatic rings. The zero-order valence-electron chi connectivity index (χ0n) is 39.1. The monoisotopic (exact) mass is 890 g/mol. The highest BCUT2D eigenvalue weighted by atomic mass is 16.2. The predicted molar refractivity (Wildman–Crippen MR) is 241 cm³/mol. The third kappa shape index (κ3) is 11.5. The molecule has 10 atom stereocenters. The van der Waals surface area contributed by atoms with Crippen LogP contribution in [-0.4, -0.2) is 127 Å². The van der Waals surface area contributed by atoms with Crippen molar-refractivity contribution >= 4 is 47.6 Å². The Labute approximate surface area is 377 Å². The lowest BCUT2D eigenvalue weighted by Gasteiger charge is -2.36. The van der Waals surface area contributed by atoms with Gasteiger partial charge in [-0.2, -0.15) is 0 Å². The lowest BCUT2D eigenvalue weighted by atomic mass is 9.85. The van der Waals surface area contributed by atoms with Crippen LogP contribution < -0.4 is 37.2 Å². The fourth-order valence-electron chi connectivity index (χ4n) is 9.52. The largest absolute Gasteiger partial charge is 0.384 e. The molecule has 17 nitrogen and oxygen atoms in total. The summed E-state index contributed by atoms with van der Waals surface area (Å²) in [6, 6.07) is 2.25. The number of rotatable bonds is 15. The number of likely N-dealkylation sites (N-methyl/N-ethyl adjacent to an activating group) is 2. The second kappa shape index (κ2) is 20.7. The Balaban J connectivity index is 1.30. The van der Waals surface area contributed by atoms with Crippen molar-refractivity contribution in [3.8, 4) is 0 Å². The molecule has 2 aliphatic heterocycles. The molecule has 0 bridgehead atoms. The van der Waals surface area contributed by atoms with Gasteiger partial charge in [0.25, 0.3) is 5.91 Å². The second-order valence-corrected chi connectivity index (χ2v) is 20.2. The molecule has 1 aromatic carbocycles. The highest BCUT2D eigenvalue weighted by Crippen LogP contribution is 2.35. The Morgan fingerprint density at radius 2 is 1.30 bits per heavy atom. The molecule has 0 aromatic heterocycles. The fourth-order valence-corrected chi connectivity index (χ4v) is 9.52. The average Bonchev–Trinajstić information content (AvgIpc) is 4.02. The molecule has 2 saturated heterocycles. The number of hydrogen-bond donors (Lipinski definition) is 7. The summed E-state index contributed by atoms with van der Waals surface area (Å²) in [5.74, 6) is -4.26. The van der Waals surface area contributed by atoms with E-state index in [1.807, 2.05) is 59.7 Å². The van der Waals surface area contributed by atoms with Gasteiger partial charge >= 0.3 is 0 Å². The lowest BCUT2D eigenvalue weighted by molar-refractivity contribution is -0.143. The SMILES string of the molecule is C=C(NC)C(=O)NC(C(=O)N1C[C@@H](NC(=O)C2CCCC2C(=O)N[C@H]2CC(C=O)N(C(=O)[C@@H](NC(=O)[C@H](C)NC)C(C)(C)C)C2)CC1C(=O)N[C@@H]1CCCc2ccccc21)C(C)(C)C. The number of carbonyl (C=O) groups excluding carboxylic acids is 8. The molecule has 5 unspecified atom stereocenters. The van der Waals surface area contributed by atoms with E-state index in [4.69, 9.17) is 0 Å². The summed E-state index contributed by atoms with van der Waals surface area (Å²) in [5.41, 5.74) is 0.831. The van der Waals surface area contributed by atoms with Crippen molar-refractivity contribution in [3.05, 3.63) is 47.7 Å². The van der Waals surface area contributed by atoms with Crippen LogP contribution in [0.25, 0.3) is 0 Å². The molecule has 17 heteroatoms. The maximum Gasteiger partial charge on any atom is 0.267 e. The van der Waals surface area contributed by atoms with Crippen LogP contribution in [-0.2, 0) is 44.8 Å². The molecule has 5 rings (SSSR count). The van der Waals surface area contributed by atoms with Gasteiger partial charge < -0.3 is 51.8 Å². The topological polar surface area (TPSA) is 227 Å². The highest BCUT2D eigenvalue weighted by Gasteiger charge is 2.48. The zero-order chi connectivity index (χ0) is 47.3. The van der Waals surface area contributed by atoms with Gasteiger partial charge in [0.1, 0.15) is 24.4 Å². The fraction of sp³-hybridized carbons (Fsp3) is 0.660. The molecule has 4 aliphatic rings. The molecule has 2 aliphatic carbocycles. The molecule has 7 N–H and O–H groups in total. The van der Waals surface area contributed by atoms with Gasteiger partial charge in [-0.3, -0.25) is 33.6 Å². The van der Waals surface area contributed by atoms with Crippen molar-refractivity contribution in [1.29, 1.82) is 0 Å². The first-order valence-electron chi connectivity index (χ1n) is 22.8. The van der Waals surface area contributed by atoms with Crippen LogP contribution in [0.5, 0.6) is 0 Å². The van der Waals surface area contributed by atoms with Crippen molar-refractivity contribution in [3.63, 3.8) is 0 Å². The summed E-state index contributed by atoms with van der Waals surface area (Å²) < 4.78 is 0. The molecule has 2 heterocycles. The first-order chi connectivity index (χ1) is 30.1. The van der Waals surface area contributed by atoms with Gasteiger partial charge in [-0.1, -0.05) is 78.8 Å². The maximum atomic E-state index is 14.6. The molecule has 352 valence electrons. The summed E-state index contributed by atoms with van der Waals surface area (Å²) in [6.07, 6.45) is 5.04. The third-order valence-electron chi connectivity index (χ3n) is 13.4. The molecular formula is C47H71N9O8. The highest BCUT2D eigenvalue weighted by molar-refractivity contribution is 5.98. The summed E-state index contributed by atoms with van der Waals surface area (Å²) in [6.45, 7) is 16.4. The molecule has 7 amide bonds. The van der Waals surface area contributed by atoms with Crippen LogP contribution in [0.15, 0.2) is 36.5 Å². The smallest absolute Gasteiger partial charge is 0.267 e. The zero-order valence-corrected chi connectivity index (χ0v) is 39.1. The van der Waals surface area contributed by atoms with E-state index in [-0.39, 0.29) is 61.3 Å². The van der Waals surface area contributed by atoms with Crippen molar-refractivity contribution < 1.29 is 38.4 Å². The van der Waals surface area contributed by atoms with Crippen molar-refractivity contribution in [2.24, 2.45) is 22.7 Å². The van der Waals surface area contributed by atoms with E-state index in [0.29, 0.717) is 25.5 Å². The van der Waals surface area contributed by atoms with E-state index >= 15 is 0 Å². The van der Waals surface area contributed by atoms with E-state index in [0.717, 1.165) is 30.4 Å². The Kier molecular flexibility index (Phi) is 16.0. The number of nitrogens with zero attached hydrogens (tertiary/aromatic N) is 2. The van der Waals surface area contributed by atoms with Gasteiger partial charge in [-0.25, -0.2) is 0 Å². The van der Waals surface area contributed by atoms with Crippen LogP contribution >= 0.6 is 0 Å². The molecular weight excluding hydrogens is 819 g/mol. The van der Waals surface area contributed by atoms with E-state index in [1.54, 1.807) is 21.0 Å². The lowest BCUT2D eigenvalue weighted by Crippen LogP contribution is -2.58. The van der Waals surface area contributed by atoms with Crippen molar-refractivity contribution in [2.75, 3.05) is 27.2 Å². The number of fused-ring (bicyclic) bond motifs is 1. The summed E-state index contributed by atoms with van der Waals surface area (Å²) in [4.78, 5) is 112. The van der Waals surface area contributed by atoms with E-state index in [1.165, 1.54) is 9.80 Å². The van der Waals surface area contributed by atoms with Gasteiger partial charge in [-0.05, 0) is 80.9 Å². The summed E-state index contributed by atoms with van der Waals surface area (Å²) in [5, 5.41) is 20.5. The number of carbonyl (C=O) groups is 8. The number of amides is 7. The average molecular weight is 890 g/mol. The van der Waals surface area contributed by atoms with Crippen molar-refractivity contribution in [2.45, 2.75) is 148 Å². The first-order valence-corrected chi connectivity index (χ1v) is 22.8. The van der Waals surface area contributed by atoms with Gasteiger partial charge in [0.2, 0.25) is 35.4 Å². The number of nitrogens with one attached hydrogen (secondary N) is 7. The summed E-state index contributed by atoms with van der Waals surface area (Å²) in [7, 11) is 3.20. The normalized spacial score (nSPS) is 25.8. The second-order valence-electron chi connectivity index (χ2n) is 20.2. The number of likely N-dealkylation sites (tertiary alicyclic amines) is 2. The minimum absolute atomic E-state index is 0.00578. The Morgan fingerprint density at radius 3 is 1.88 bits per heavy atom. The molecule has 1 saturated carbocycles. The number of benzene rings is 1. The minimum Gasteiger partial charge on any atom is -0.384 e. The predicted octanol–water partition coefficient (Wildman–Crippen LogP) is 1.37. The maximum absolute atomic E-state index is 14.6. The Morgan fingerprint density at radius 1 is 0.734 bits per heavy atom. The Hall–Kier alpha value is -5.32. The third-order valence-corrected chi connectivity index (χ3v) is 13.4. The van der Waals surface area contributed by atoms with Gasteiger partial charge in [0, 0.05) is 44.1 Å². The summed E-state index contributed by atoms with van der Waals surface area (Å²) >= 11 is 0. The molecule has 3 fully saturated rings. The van der Waals surface area contributed by atoms with Gasteiger partial charge in [0.05, 0.1) is 23.8 Å². The number of aryl methyl sites for hydroxylation is 1. The van der Waals surface area contributed by atoms with Crippen LogP contribution in [0.1, 0.15) is 111 Å². The van der Waals surface area contributed by atoms with E-state index < -0.39 is 82.7 Å². The number of hydrogen-bond acceptors (Lipinski definition) is 10. The molecule has 64 heavy (non-hydrogen) atoms. The van der Waals surface area contributed by atoms with Gasteiger partial charge in [0.15, 0.2) is 0 Å². The standard InChI is InChI=1S/C47H71N9O8/c1-26(48-9)39(58)53-37(46(3,4)5)44(63)55-23-29(21-31(55)25-57)50-41(60)33-18-14-19-34(33)42(61)51-30-22-36(43(62)52-35-20-13-16-28-15-11-12-17-32(28)35)56(24-30)45(64)38(47(6,7)8)54-40(59)27(2)49-10/h11-12,15,17,25-26,29-31,33-38,48-49H,2,13-14,16,18-24H2,1,3-10H3,(H,50,60)(H,51,61)(H,52,62)(H,53,58)(H,54,59)/t26-,29-,30-,31?,33?,34?,35+,36?,37+,38?/m0/s1. The first kappa shape index (κ1) is 49.7. The van der Waals surface area contributed by atoms with Crippen LogP contribution in [0.4, 0.5) is 0 Å². The molecule has 0 radical (unpaired) electrons. The van der Waals surface area contributed by atoms with Crippen LogP contribution in [0.2, 0.25) is 0 Å². The minimum atomic E-state index is -1.03. The molecule has 0 spiro atoms. The van der Waals surface area contributed by atoms with Gasteiger partial charge in [-0.15, -0.1) is 0 Å². The Bertz CT molecular complexity index is 1960. The van der Waals surface area contributed by atoms with Crippen molar-refractivity contribution in [1.82, 2.24) is 47.0 Å².